The topological polar surface area (TPSA) is 57.5 Å². The maximum atomic E-state index is 10.5. The summed E-state index contributed by atoms with van der Waals surface area (Å²) >= 11 is 0. The summed E-state index contributed by atoms with van der Waals surface area (Å²) in [5, 5.41) is 17.3. The molecular formula is C15H28O3. The Labute approximate surface area is 111 Å². The molecule has 0 saturated carbocycles. The van der Waals surface area contributed by atoms with Gasteiger partial charge >= 0.3 is 5.97 Å². The third-order valence-corrected chi connectivity index (χ3v) is 3.15. The van der Waals surface area contributed by atoms with Crippen LogP contribution in [-0.4, -0.2) is 22.8 Å². The van der Waals surface area contributed by atoms with Gasteiger partial charge in [-0.15, -0.1) is 0 Å². The molecule has 3 nitrogen and oxygen atoms in total. The van der Waals surface area contributed by atoms with Crippen molar-refractivity contribution in [1.82, 2.24) is 0 Å². The molecule has 0 aromatic heterocycles. The third kappa shape index (κ3) is 11.6. The van der Waals surface area contributed by atoms with E-state index in [9.17, 15) is 4.79 Å². The Kier molecular flexibility index (Phi) is 12.0. The van der Waals surface area contributed by atoms with Crippen LogP contribution in [0.3, 0.4) is 0 Å². The summed E-state index contributed by atoms with van der Waals surface area (Å²) in [4.78, 5) is 10.5. The molecule has 18 heavy (non-hydrogen) atoms. The van der Waals surface area contributed by atoms with E-state index < -0.39 is 5.97 Å². The zero-order chi connectivity index (χ0) is 13.6. The molecule has 0 amide bonds. The van der Waals surface area contributed by atoms with Crippen LogP contribution in [0.4, 0.5) is 0 Å². The molecule has 0 bridgehead atoms. The van der Waals surface area contributed by atoms with E-state index in [0.29, 0.717) is 12.2 Å². The second kappa shape index (κ2) is 12.6. The van der Waals surface area contributed by atoms with E-state index >= 15 is 0 Å². The molecule has 0 aromatic carbocycles. The van der Waals surface area contributed by atoms with Crippen LogP contribution in [0.5, 0.6) is 0 Å². The van der Waals surface area contributed by atoms with E-state index in [1.165, 1.54) is 38.5 Å². The minimum Gasteiger partial charge on any atom is -0.478 e. The number of aliphatic carboxylic acids is 1. The highest BCUT2D eigenvalue weighted by Gasteiger charge is 1.97. The fourth-order valence-corrected chi connectivity index (χ4v) is 1.90. The van der Waals surface area contributed by atoms with Crippen molar-refractivity contribution in [2.24, 2.45) is 0 Å². The number of aliphatic hydroxyl groups is 1. The molecule has 106 valence electrons. The van der Waals surface area contributed by atoms with Crippen molar-refractivity contribution in [2.75, 3.05) is 6.61 Å². The van der Waals surface area contributed by atoms with Crippen molar-refractivity contribution >= 4 is 5.97 Å². The Hall–Kier alpha value is -0.830. The molecular weight excluding hydrogens is 228 g/mol. The number of rotatable bonds is 12. The minimum atomic E-state index is -0.808. The number of carboxylic acid groups (broad SMARTS) is 1. The van der Waals surface area contributed by atoms with E-state index in [2.05, 4.69) is 0 Å². The Balaban J connectivity index is 3.17. The Morgan fingerprint density at radius 2 is 1.33 bits per heavy atom. The highest BCUT2D eigenvalue weighted by molar-refractivity contribution is 5.85. The summed E-state index contributed by atoms with van der Waals surface area (Å²) < 4.78 is 0. The number of aliphatic hydroxyl groups excluding tert-OH is 1. The summed E-state index contributed by atoms with van der Waals surface area (Å²) in [5.41, 5.74) is 0.457. The zero-order valence-electron chi connectivity index (χ0n) is 11.7. The van der Waals surface area contributed by atoms with Crippen molar-refractivity contribution < 1.29 is 15.0 Å². The SMILES string of the molecule is CC(=CCCCCCCCCCCCO)C(=O)O. The fourth-order valence-electron chi connectivity index (χ4n) is 1.90. The normalized spacial score (nSPS) is 11.8. The van der Waals surface area contributed by atoms with Gasteiger partial charge in [0.05, 0.1) is 0 Å². The van der Waals surface area contributed by atoms with Crippen molar-refractivity contribution in [3.63, 3.8) is 0 Å². The van der Waals surface area contributed by atoms with E-state index in [0.717, 1.165) is 25.7 Å². The lowest BCUT2D eigenvalue weighted by atomic mass is 10.1. The molecule has 2 N–H and O–H groups in total. The lowest BCUT2D eigenvalue weighted by molar-refractivity contribution is -0.132. The van der Waals surface area contributed by atoms with Crippen molar-refractivity contribution in [3.05, 3.63) is 11.6 Å². The number of hydrogen-bond donors (Lipinski definition) is 2. The molecule has 0 aliphatic heterocycles. The van der Waals surface area contributed by atoms with Gasteiger partial charge in [-0.25, -0.2) is 4.79 Å². The van der Waals surface area contributed by atoms with Gasteiger partial charge in [0, 0.05) is 12.2 Å². The average Bonchev–Trinajstić information content (AvgIpc) is 2.35. The quantitative estimate of drug-likeness (QED) is 0.411. The summed E-state index contributed by atoms with van der Waals surface area (Å²) in [6, 6.07) is 0. The summed E-state index contributed by atoms with van der Waals surface area (Å²) in [5.74, 6) is -0.808. The minimum absolute atomic E-state index is 0.323. The van der Waals surface area contributed by atoms with Gasteiger partial charge in [0.1, 0.15) is 0 Å². The van der Waals surface area contributed by atoms with E-state index in [1.807, 2.05) is 6.08 Å². The van der Waals surface area contributed by atoms with Gasteiger partial charge in [-0.1, -0.05) is 51.0 Å². The molecule has 0 saturated heterocycles. The van der Waals surface area contributed by atoms with E-state index in [4.69, 9.17) is 10.2 Å². The molecule has 0 aliphatic carbocycles. The molecule has 0 atom stereocenters. The number of carboxylic acids is 1. The molecule has 0 heterocycles. The van der Waals surface area contributed by atoms with Crippen molar-refractivity contribution in [3.8, 4) is 0 Å². The van der Waals surface area contributed by atoms with Crippen LogP contribution in [0.15, 0.2) is 11.6 Å². The van der Waals surface area contributed by atoms with Crippen LogP contribution in [0.25, 0.3) is 0 Å². The number of allylic oxidation sites excluding steroid dienone is 1. The lowest BCUT2D eigenvalue weighted by Gasteiger charge is -2.01. The summed E-state index contributed by atoms with van der Waals surface area (Å²) in [6.45, 7) is 1.97. The first kappa shape index (κ1) is 17.2. The van der Waals surface area contributed by atoms with Crippen LogP contribution >= 0.6 is 0 Å². The van der Waals surface area contributed by atoms with Gasteiger partial charge in [0.25, 0.3) is 0 Å². The number of unbranched alkanes of at least 4 members (excludes halogenated alkanes) is 9. The molecule has 0 fully saturated rings. The monoisotopic (exact) mass is 256 g/mol. The highest BCUT2D eigenvalue weighted by atomic mass is 16.4. The van der Waals surface area contributed by atoms with Crippen molar-refractivity contribution in [2.45, 2.75) is 71.1 Å². The van der Waals surface area contributed by atoms with Crippen LogP contribution in [0, 0.1) is 0 Å². The van der Waals surface area contributed by atoms with E-state index in [1.54, 1.807) is 6.92 Å². The van der Waals surface area contributed by atoms with Gasteiger partial charge in [-0.05, 0) is 26.2 Å². The standard InChI is InChI=1S/C15H28O3/c1-14(15(17)18)12-10-8-6-4-2-3-5-7-9-11-13-16/h12,16H,2-11,13H2,1H3,(H,17,18). The summed E-state index contributed by atoms with van der Waals surface area (Å²) in [6.07, 6.45) is 13.4. The maximum absolute atomic E-state index is 10.5. The maximum Gasteiger partial charge on any atom is 0.330 e. The Bertz CT molecular complexity index is 234. The lowest BCUT2D eigenvalue weighted by Crippen LogP contribution is -1.95. The van der Waals surface area contributed by atoms with Crippen LogP contribution in [-0.2, 0) is 4.79 Å². The molecule has 0 spiro atoms. The molecule has 0 aromatic rings. The van der Waals surface area contributed by atoms with Crippen LogP contribution in [0.2, 0.25) is 0 Å². The largest absolute Gasteiger partial charge is 0.478 e. The first-order valence-electron chi connectivity index (χ1n) is 7.19. The predicted octanol–water partition coefficient (Wildman–Crippen LogP) is 3.91. The molecule has 0 radical (unpaired) electrons. The fraction of sp³-hybridized carbons (Fsp3) is 0.800. The van der Waals surface area contributed by atoms with Gasteiger partial charge in [0.15, 0.2) is 0 Å². The van der Waals surface area contributed by atoms with Crippen LogP contribution < -0.4 is 0 Å². The zero-order valence-corrected chi connectivity index (χ0v) is 11.7. The Morgan fingerprint density at radius 1 is 0.889 bits per heavy atom. The third-order valence-electron chi connectivity index (χ3n) is 3.15. The second-order valence-electron chi connectivity index (χ2n) is 4.89. The first-order chi connectivity index (χ1) is 8.68. The van der Waals surface area contributed by atoms with Gasteiger partial charge in [0.2, 0.25) is 0 Å². The van der Waals surface area contributed by atoms with Gasteiger partial charge in [-0.2, -0.15) is 0 Å². The predicted molar refractivity (Wildman–Crippen MR) is 74.6 cm³/mol. The summed E-state index contributed by atoms with van der Waals surface area (Å²) in [7, 11) is 0. The van der Waals surface area contributed by atoms with Gasteiger partial charge < -0.3 is 10.2 Å². The number of hydrogen-bond acceptors (Lipinski definition) is 2. The van der Waals surface area contributed by atoms with Crippen LogP contribution in [0.1, 0.15) is 71.1 Å². The van der Waals surface area contributed by atoms with Gasteiger partial charge in [-0.3, -0.25) is 0 Å². The second-order valence-corrected chi connectivity index (χ2v) is 4.89. The first-order valence-corrected chi connectivity index (χ1v) is 7.19. The molecule has 0 aliphatic rings. The molecule has 3 heteroatoms. The Morgan fingerprint density at radius 3 is 1.78 bits per heavy atom. The van der Waals surface area contributed by atoms with E-state index in [-0.39, 0.29) is 0 Å². The molecule has 0 unspecified atom stereocenters. The molecule has 0 rings (SSSR count). The van der Waals surface area contributed by atoms with Crippen molar-refractivity contribution in [1.29, 1.82) is 0 Å². The average molecular weight is 256 g/mol. The smallest absolute Gasteiger partial charge is 0.330 e. The number of carbonyl (C=O) groups is 1. The highest BCUT2D eigenvalue weighted by Crippen LogP contribution is 2.11.